The maximum absolute atomic E-state index is 11.6. The number of nitrogens with one attached hydrogen (secondary N) is 1. The number of rotatable bonds is 7. The number of amides is 1. The molecule has 0 saturated carbocycles. The van der Waals surface area contributed by atoms with Crippen LogP contribution in [0.2, 0.25) is 0 Å². The average molecular weight is 403 g/mol. The Morgan fingerprint density at radius 3 is 1.79 bits per heavy atom. The van der Waals surface area contributed by atoms with Crippen molar-refractivity contribution in [1.82, 2.24) is 5.32 Å². The lowest BCUT2D eigenvalue weighted by molar-refractivity contribution is -0.267. The van der Waals surface area contributed by atoms with Crippen molar-refractivity contribution < 1.29 is 47.7 Å². The largest absolute Gasteiger partial charge is 0.466 e. The van der Waals surface area contributed by atoms with Crippen molar-refractivity contribution in [1.29, 1.82) is 0 Å². The first-order valence-corrected chi connectivity index (χ1v) is 8.58. The smallest absolute Gasteiger partial charge is 0.305 e. The monoisotopic (exact) mass is 403 g/mol. The molecule has 0 aromatic carbocycles. The van der Waals surface area contributed by atoms with Crippen LogP contribution in [0.15, 0.2) is 0 Å². The fourth-order valence-corrected chi connectivity index (χ4v) is 2.77. The second kappa shape index (κ2) is 10.6. The Balaban J connectivity index is 3.24. The Hall–Kier alpha value is -2.69. The molecule has 5 atom stereocenters. The molecule has 11 nitrogen and oxygen atoms in total. The van der Waals surface area contributed by atoms with Crippen molar-refractivity contribution in [2.45, 2.75) is 71.7 Å². The fourth-order valence-electron chi connectivity index (χ4n) is 2.77. The van der Waals surface area contributed by atoms with Crippen LogP contribution in [0.25, 0.3) is 0 Å². The molecule has 0 bridgehead atoms. The first-order chi connectivity index (χ1) is 13.0. The van der Waals surface area contributed by atoms with Crippen molar-refractivity contribution in [3.8, 4) is 0 Å². The zero-order valence-electron chi connectivity index (χ0n) is 16.4. The Morgan fingerprint density at radius 1 is 0.786 bits per heavy atom. The van der Waals surface area contributed by atoms with Crippen LogP contribution in [0, 0.1) is 0 Å². The number of carbonyl (C=O) groups excluding carboxylic acids is 5. The molecule has 28 heavy (non-hydrogen) atoms. The molecule has 0 radical (unpaired) electrons. The minimum Gasteiger partial charge on any atom is -0.466 e. The van der Waals surface area contributed by atoms with E-state index in [0.717, 1.165) is 20.8 Å². The molecule has 0 unspecified atom stereocenters. The predicted octanol–water partition coefficient (Wildman–Crippen LogP) is -0.404. The van der Waals surface area contributed by atoms with Gasteiger partial charge in [-0.25, -0.2) is 0 Å². The van der Waals surface area contributed by atoms with Gasteiger partial charge in [0.25, 0.3) is 0 Å². The Kier molecular flexibility index (Phi) is 8.83. The molecule has 1 aliphatic rings. The number of esters is 4. The van der Waals surface area contributed by atoms with Gasteiger partial charge in [-0.1, -0.05) is 0 Å². The highest BCUT2D eigenvalue weighted by Gasteiger charge is 2.51. The maximum atomic E-state index is 11.6. The van der Waals surface area contributed by atoms with Gasteiger partial charge in [0, 0.05) is 41.0 Å². The highest BCUT2D eigenvalue weighted by atomic mass is 16.7. The molecule has 1 aliphatic heterocycles. The summed E-state index contributed by atoms with van der Waals surface area (Å²) in [6.07, 6.45) is -4.55. The number of ether oxygens (including phenoxy) is 5. The summed E-state index contributed by atoms with van der Waals surface area (Å²) >= 11 is 0. The van der Waals surface area contributed by atoms with Crippen LogP contribution in [-0.2, 0) is 47.7 Å². The summed E-state index contributed by atoms with van der Waals surface area (Å²) in [7, 11) is 0. The van der Waals surface area contributed by atoms with Gasteiger partial charge in [-0.3, -0.25) is 24.0 Å². The normalized spacial score (nSPS) is 26.5. The summed E-state index contributed by atoms with van der Waals surface area (Å²) < 4.78 is 26.2. The molecule has 158 valence electrons. The van der Waals surface area contributed by atoms with E-state index in [1.807, 2.05) is 0 Å². The highest BCUT2D eigenvalue weighted by molar-refractivity contribution is 5.74. The van der Waals surface area contributed by atoms with E-state index in [1.165, 1.54) is 13.8 Å². The van der Waals surface area contributed by atoms with Crippen LogP contribution in [0.5, 0.6) is 0 Å². The SMILES string of the molecule is CC(=O)N[C@H]1[C@H](OC(C)=O)O[C@H](CCOC(C)=O)[C@H](OC(C)=O)[C@@H]1OC(C)=O. The summed E-state index contributed by atoms with van der Waals surface area (Å²) in [5.41, 5.74) is 0. The van der Waals surface area contributed by atoms with Crippen molar-refractivity contribution >= 4 is 29.8 Å². The summed E-state index contributed by atoms with van der Waals surface area (Å²) in [6.45, 7) is 5.78. The third-order valence-electron chi connectivity index (χ3n) is 3.61. The van der Waals surface area contributed by atoms with Crippen LogP contribution in [0.3, 0.4) is 0 Å². The number of hydrogen-bond donors (Lipinski definition) is 1. The van der Waals surface area contributed by atoms with Gasteiger partial charge in [0.1, 0.15) is 12.1 Å². The van der Waals surface area contributed by atoms with E-state index >= 15 is 0 Å². The topological polar surface area (TPSA) is 144 Å². The number of hydrogen-bond acceptors (Lipinski definition) is 10. The van der Waals surface area contributed by atoms with E-state index in [4.69, 9.17) is 23.7 Å². The van der Waals surface area contributed by atoms with Crippen LogP contribution in [0.1, 0.15) is 41.0 Å². The summed E-state index contributed by atoms with van der Waals surface area (Å²) in [4.78, 5) is 57.3. The maximum Gasteiger partial charge on any atom is 0.305 e. The first-order valence-electron chi connectivity index (χ1n) is 8.58. The molecule has 1 fully saturated rings. The molecule has 1 saturated heterocycles. The minimum absolute atomic E-state index is 0.0554. The molecule has 11 heteroatoms. The lowest BCUT2D eigenvalue weighted by Gasteiger charge is -2.44. The van der Waals surface area contributed by atoms with Gasteiger partial charge >= 0.3 is 23.9 Å². The third kappa shape index (κ3) is 7.51. The van der Waals surface area contributed by atoms with Gasteiger partial charge in [-0.05, 0) is 0 Å². The Bertz CT molecular complexity index is 619. The minimum atomic E-state index is -1.32. The molecule has 1 heterocycles. The quantitative estimate of drug-likeness (QED) is 0.440. The number of carbonyl (C=O) groups is 5. The molecular formula is C17H25NO10. The van der Waals surface area contributed by atoms with Crippen LogP contribution in [0.4, 0.5) is 0 Å². The van der Waals surface area contributed by atoms with Gasteiger partial charge in [0.2, 0.25) is 12.2 Å². The molecular weight excluding hydrogens is 378 g/mol. The van der Waals surface area contributed by atoms with E-state index < -0.39 is 60.4 Å². The van der Waals surface area contributed by atoms with Gasteiger partial charge in [0.05, 0.1) is 6.61 Å². The lowest BCUT2D eigenvalue weighted by Crippen LogP contribution is -2.66. The lowest BCUT2D eigenvalue weighted by atomic mass is 9.94. The standard InChI is InChI=1S/C17H25NO10/c1-8(19)18-14-16(26-11(4)22)15(25-10(3)21)13(6-7-24-9(2)20)28-17(14)27-12(5)23/h13-17H,6-7H2,1-5H3,(H,18,19)/t13-,14-,15+,16-,17-/m1/s1. The van der Waals surface area contributed by atoms with Crippen LogP contribution < -0.4 is 5.32 Å². The predicted molar refractivity (Wildman–Crippen MR) is 90.4 cm³/mol. The molecule has 0 aliphatic carbocycles. The van der Waals surface area contributed by atoms with Crippen LogP contribution in [-0.4, -0.2) is 67.0 Å². The van der Waals surface area contributed by atoms with Crippen molar-refractivity contribution in [2.24, 2.45) is 0 Å². The van der Waals surface area contributed by atoms with Gasteiger partial charge < -0.3 is 29.0 Å². The molecule has 0 spiro atoms. The van der Waals surface area contributed by atoms with Crippen LogP contribution >= 0.6 is 0 Å². The first kappa shape index (κ1) is 23.3. The van der Waals surface area contributed by atoms with E-state index in [-0.39, 0.29) is 13.0 Å². The second-order valence-electron chi connectivity index (χ2n) is 6.16. The molecule has 0 aromatic heterocycles. The third-order valence-corrected chi connectivity index (χ3v) is 3.61. The van der Waals surface area contributed by atoms with Crippen molar-refractivity contribution in [3.05, 3.63) is 0 Å². The zero-order chi connectivity index (χ0) is 21.4. The molecule has 1 amide bonds. The molecule has 1 rings (SSSR count). The molecule has 0 aromatic rings. The van der Waals surface area contributed by atoms with Crippen molar-refractivity contribution in [3.63, 3.8) is 0 Å². The van der Waals surface area contributed by atoms with Gasteiger partial charge in [-0.2, -0.15) is 0 Å². The van der Waals surface area contributed by atoms with E-state index in [1.54, 1.807) is 0 Å². The Labute approximate surface area is 161 Å². The fraction of sp³-hybridized carbons (Fsp3) is 0.706. The van der Waals surface area contributed by atoms with E-state index in [9.17, 15) is 24.0 Å². The summed E-state index contributed by atoms with van der Waals surface area (Å²) in [5, 5.41) is 2.50. The Morgan fingerprint density at radius 2 is 1.32 bits per heavy atom. The zero-order valence-corrected chi connectivity index (χ0v) is 16.4. The van der Waals surface area contributed by atoms with Crippen molar-refractivity contribution in [2.75, 3.05) is 6.61 Å². The average Bonchev–Trinajstić information content (AvgIpc) is 2.51. The summed E-state index contributed by atoms with van der Waals surface area (Å²) in [6, 6.07) is -1.13. The highest BCUT2D eigenvalue weighted by Crippen LogP contribution is 2.29. The summed E-state index contributed by atoms with van der Waals surface area (Å²) in [5.74, 6) is -3.13. The van der Waals surface area contributed by atoms with Gasteiger partial charge in [0.15, 0.2) is 12.2 Å². The molecule has 1 N–H and O–H groups in total. The van der Waals surface area contributed by atoms with E-state index in [0.29, 0.717) is 0 Å². The van der Waals surface area contributed by atoms with E-state index in [2.05, 4.69) is 5.32 Å². The second-order valence-corrected chi connectivity index (χ2v) is 6.16. The van der Waals surface area contributed by atoms with Gasteiger partial charge in [-0.15, -0.1) is 0 Å².